The molecular formula is C9H9F2. The van der Waals surface area contributed by atoms with E-state index in [9.17, 15) is 8.78 Å². The molecule has 0 saturated carbocycles. The first kappa shape index (κ1) is 8.18. The van der Waals surface area contributed by atoms with Crippen LogP contribution in [0, 0.1) is 18.6 Å². The maximum atomic E-state index is 12.8. The molecule has 0 amide bonds. The molecule has 59 valence electrons. The van der Waals surface area contributed by atoms with Gasteiger partial charge in [-0.05, 0) is 31.0 Å². The summed E-state index contributed by atoms with van der Waals surface area (Å²) in [6.45, 7) is 5.15. The standard InChI is InChI=1S/C9H9F2/c1-3-7-8(10)4-6(2)5-9(7)11/h4-5H,2-3H2,1H3. The van der Waals surface area contributed by atoms with Gasteiger partial charge in [-0.1, -0.05) is 6.92 Å². The van der Waals surface area contributed by atoms with Crippen molar-refractivity contribution < 1.29 is 8.78 Å². The maximum Gasteiger partial charge on any atom is 0.129 e. The summed E-state index contributed by atoms with van der Waals surface area (Å²) in [4.78, 5) is 0. The molecule has 0 unspecified atom stereocenters. The zero-order valence-corrected chi connectivity index (χ0v) is 6.32. The lowest BCUT2D eigenvalue weighted by Gasteiger charge is -2.01. The van der Waals surface area contributed by atoms with Gasteiger partial charge in [-0.25, -0.2) is 8.78 Å². The van der Waals surface area contributed by atoms with Crippen molar-refractivity contribution in [1.29, 1.82) is 0 Å². The molecule has 0 atom stereocenters. The fraction of sp³-hybridized carbons (Fsp3) is 0.222. The molecule has 0 fully saturated rings. The van der Waals surface area contributed by atoms with Gasteiger partial charge in [0.25, 0.3) is 0 Å². The molecule has 0 nitrogen and oxygen atoms in total. The van der Waals surface area contributed by atoms with Crippen LogP contribution in [-0.2, 0) is 6.42 Å². The fourth-order valence-corrected chi connectivity index (χ4v) is 0.993. The molecule has 1 aromatic carbocycles. The van der Waals surface area contributed by atoms with Gasteiger partial charge in [0.2, 0.25) is 0 Å². The second-order valence-corrected chi connectivity index (χ2v) is 2.39. The monoisotopic (exact) mass is 155 g/mol. The van der Waals surface area contributed by atoms with Gasteiger partial charge in [-0.3, -0.25) is 0 Å². The van der Waals surface area contributed by atoms with Crippen LogP contribution in [0.3, 0.4) is 0 Å². The summed E-state index contributed by atoms with van der Waals surface area (Å²) < 4.78 is 25.7. The van der Waals surface area contributed by atoms with Crippen molar-refractivity contribution in [3.05, 3.63) is 41.8 Å². The lowest BCUT2D eigenvalue weighted by Crippen LogP contribution is -1.94. The summed E-state index contributed by atoms with van der Waals surface area (Å²) in [6, 6.07) is 2.48. The Bertz CT molecular complexity index is 243. The predicted octanol–water partition coefficient (Wildman–Crippen LogP) is 2.71. The van der Waals surface area contributed by atoms with Crippen molar-refractivity contribution in [3.63, 3.8) is 0 Å². The maximum absolute atomic E-state index is 12.8. The third-order valence-corrected chi connectivity index (χ3v) is 1.55. The Balaban J connectivity index is 3.25. The van der Waals surface area contributed by atoms with Crippen molar-refractivity contribution in [1.82, 2.24) is 0 Å². The van der Waals surface area contributed by atoms with Crippen LogP contribution in [0.1, 0.15) is 18.1 Å². The Labute approximate surface area is 64.9 Å². The molecule has 1 rings (SSSR count). The minimum absolute atomic E-state index is 0.136. The molecule has 11 heavy (non-hydrogen) atoms. The van der Waals surface area contributed by atoms with Crippen molar-refractivity contribution in [2.75, 3.05) is 0 Å². The van der Waals surface area contributed by atoms with E-state index in [4.69, 9.17) is 0 Å². The summed E-state index contributed by atoms with van der Waals surface area (Å²) in [5.41, 5.74) is 0.509. The Morgan fingerprint density at radius 1 is 1.27 bits per heavy atom. The number of halogens is 2. The van der Waals surface area contributed by atoms with E-state index in [0.717, 1.165) is 0 Å². The van der Waals surface area contributed by atoms with Crippen LogP contribution in [0.15, 0.2) is 12.1 Å². The number of hydrogen-bond donors (Lipinski definition) is 0. The summed E-state index contributed by atoms with van der Waals surface area (Å²) in [5.74, 6) is -1.00. The van der Waals surface area contributed by atoms with Crippen molar-refractivity contribution in [2.24, 2.45) is 0 Å². The quantitative estimate of drug-likeness (QED) is 0.585. The van der Waals surface area contributed by atoms with E-state index in [2.05, 4.69) is 6.92 Å². The van der Waals surface area contributed by atoms with Crippen LogP contribution >= 0.6 is 0 Å². The van der Waals surface area contributed by atoms with E-state index in [0.29, 0.717) is 12.0 Å². The van der Waals surface area contributed by atoms with Crippen LogP contribution in [0.4, 0.5) is 8.78 Å². The van der Waals surface area contributed by atoms with Gasteiger partial charge in [0.1, 0.15) is 11.6 Å². The largest absolute Gasteiger partial charge is 0.207 e. The minimum atomic E-state index is -0.502. The van der Waals surface area contributed by atoms with Gasteiger partial charge in [0.15, 0.2) is 0 Å². The van der Waals surface area contributed by atoms with Crippen molar-refractivity contribution in [2.45, 2.75) is 13.3 Å². The summed E-state index contributed by atoms with van der Waals surface area (Å²) in [5, 5.41) is 0. The molecule has 0 aromatic heterocycles. The van der Waals surface area contributed by atoms with E-state index < -0.39 is 11.6 Å². The van der Waals surface area contributed by atoms with Crippen LogP contribution in [0.5, 0.6) is 0 Å². The van der Waals surface area contributed by atoms with Crippen molar-refractivity contribution >= 4 is 0 Å². The van der Waals surface area contributed by atoms with E-state index in [1.807, 2.05) is 0 Å². The van der Waals surface area contributed by atoms with E-state index in [1.165, 1.54) is 12.1 Å². The minimum Gasteiger partial charge on any atom is -0.207 e. The van der Waals surface area contributed by atoms with Gasteiger partial charge in [-0.15, -0.1) is 0 Å². The van der Waals surface area contributed by atoms with Gasteiger partial charge < -0.3 is 0 Å². The number of hydrogen-bond acceptors (Lipinski definition) is 0. The van der Waals surface area contributed by atoms with Crippen LogP contribution in [-0.4, -0.2) is 0 Å². The van der Waals surface area contributed by atoms with Gasteiger partial charge in [0.05, 0.1) is 0 Å². The van der Waals surface area contributed by atoms with Crippen LogP contribution in [0.25, 0.3) is 0 Å². The highest BCUT2D eigenvalue weighted by molar-refractivity contribution is 5.27. The third kappa shape index (κ3) is 1.56. The molecule has 1 aromatic rings. The van der Waals surface area contributed by atoms with E-state index in [1.54, 1.807) is 6.92 Å². The molecule has 0 aliphatic rings. The molecule has 0 aliphatic carbocycles. The third-order valence-electron chi connectivity index (χ3n) is 1.55. The number of rotatable bonds is 1. The topological polar surface area (TPSA) is 0 Å². The Morgan fingerprint density at radius 3 is 2.09 bits per heavy atom. The second-order valence-electron chi connectivity index (χ2n) is 2.39. The average Bonchev–Trinajstić information content (AvgIpc) is 1.85. The van der Waals surface area contributed by atoms with Crippen LogP contribution in [0.2, 0.25) is 0 Å². The summed E-state index contributed by atoms with van der Waals surface area (Å²) in [6.07, 6.45) is 0.373. The van der Waals surface area contributed by atoms with Crippen LogP contribution < -0.4 is 0 Å². The van der Waals surface area contributed by atoms with Gasteiger partial charge in [-0.2, -0.15) is 0 Å². The smallest absolute Gasteiger partial charge is 0.129 e. The normalized spacial score (nSPS) is 10.2. The van der Waals surface area contributed by atoms with E-state index in [-0.39, 0.29) is 5.56 Å². The first-order valence-corrected chi connectivity index (χ1v) is 3.45. The van der Waals surface area contributed by atoms with E-state index >= 15 is 0 Å². The molecule has 0 saturated heterocycles. The highest BCUT2D eigenvalue weighted by atomic mass is 19.1. The SMILES string of the molecule is [CH2]c1cc(F)c(CC)c(F)c1. The predicted molar refractivity (Wildman–Crippen MR) is 40.2 cm³/mol. The summed E-state index contributed by atoms with van der Waals surface area (Å²) in [7, 11) is 0. The first-order chi connectivity index (χ1) is 5.15. The molecule has 1 radical (unpaired) electrons. The molecular weight excluding hydrogens is 146 g/mol. The van der Waals surface area contributed by atoms with Gasteiger partial charge in [0, 0.05) is 5.56 Å². The molecule has 0 spiro atoms. The Kier molecular flexibility index (Phi) is 2.22. The second kappa shape index (κ2) is 2.99. The van der Waals surface area contributed by atoms with Crippen molar-refractivity contribution in [3.8, 4) is 0 Å². The van der Waals surface area contributed by atoms with Gasteiger partial charge >= 0.3 is 0 Å². The average molecular weight is 155 g/mol. The highest BCUT2D eigenvalue weighted by Gasteiger charge is 2.06. The Hall–Kier alpha value is -0.920. The highest BCUT2D eigenvalue weighted by Crippen LogP contribution is 2.14. The number of benzene rings is 1. The molecule has 2 heteroatoms. The molecule has 0 N–H and O–H groups in total. The Morgan fingerprint density at radius 2 is 1.73 bits per heavy atom. The molecule has 0 heterocycles. The zero-order chi connectivity index (χ0) is 8.43. The molecule has 0 bridgehead atoms. The molecule has 0 aliphatic heterocycles. The summed E-state index contributed by atoms with van der Waals surface area (Å²) >= 11 is 0. The zero-order valence-electron chi connectivity index (χ0n) is 6.32. The fourth-order valence-electron chi connectivity index (χ4n) is 0.993. The lowest BCUT2D eigenvalue weighted by atomic mass is 10.1. The lowest BCUT2D eigenvalue weighted by molar-refractivity contribution is 0.558. The first-order valence-electron chi connectivity index (χ1n) is 3.45.